The van der Waals surface area contributed by atoms with Crippen molar-refractivity contribution in [3.8, 4) is 0 Å². The van der Waals surface area contributed by atoms with E-state index in [2.05, 4.69) is 17.4 Å². The van der Waals surface area contributed by atoms with E-state index < -0.39 is 0 Å². The van der Waals surface area contributed by atoms with Crippen LogP contribution in [0.2, 0.25) is 5.02 Å². The van der Waals surface area contributed by atoms with Crippen molar-refractivity contribution in [2.45, 2.75) is 31.7 Å². The molecule has 2 heteroatoms. The molecule has 1 aromatic rings. The third-order valence-electron chi connectivity index (χ3n) is 2.83. The molecule has 0 spiro atoms. The molecule has 76 valence electrons. The van der Waals surface area contributed by atoms with E-state index in [0.29, 0.717) is 6.04 Å². The average Bonchev–Trinajstić information content (AvgIpc) is 2.47. The number of halogens is 1. The molecule has 0 unspecified atom stereocenters. The Hall–Kier alpha value is -0.530. The quantitative estimate of drug-likeness (QED) is 0.746. The normalized spacial score (nSPS) is 23.1. The average molecular weight is 210 g/mol. The minimum atomic E-state index is 0.537. The van der Waals surface area contributed by atoms with Crippen molar-refractivity contribution in [2.75, 3.05) is 6.54 Å². The number of nitrogens with one attached hydrogen (secondary N) is 1. The Balaban J connectivity index is 2.08. The van der Waals surface area contributed by atoms with Crippen LogP contribution in [-0.2, 0) is 0 Å². The molecule has 0 amide bonds. The topological polar surface area (TPSA) is 12.0 Å². The van der Waals surface area contributed by atoms with Gasteiger partial charge >= 0.3 is 0 Å². The smallest absolute Gasteiger partial charge is 0.0406 e. The molecule has 1 atom stereocenters. The molecule has 0 aromatic heterocycles. The molecule has 1 N–H and O–H groups in total. The summed E-state index contributed by atoms with van der Waals surface area (Å²) in [6, 6.07) is 8.75. The summed E-state index contributed by atoms with van der Waals surface area (Å²) in [4.78, 5) is 0. The summed E-state index contributed by atoms with van der Waals surface area (Å²) in [5.74, 6) is 0. The van der Waals surface area contributed by atoms with Gasteiger partial charge in [0, 0.05) is 11.1 Å². The predicted octanol–water partition coefficient (Wildman–Crippen LogP) is 3.54. The van der Waals surface area contributed by atoms with Crippen LogP contribution in [0.15, 0.2) is 24.3 Å². The number of hydrogen-bond acceptors (Lipinski definition) is 1. The fraction of sp³-hybridized carbons (Fsp3) is 0.500. The van der Waals surface area contributed by atoms with Gasteiger partial charge in [0.15, 0.2) is 0 Å². The largest absolute Gasteiger partial charge is 0.310 e. The lowest BCUT2D eigenvalue weighted by Crippen LogP contribution is -2.20. The van der Waals surface area contributed by atoms with E-state index in [-0.39, 0.29) is 0 Å². The molecule has 1 fully saturated rings. The predicted molar refractivity (Wildman–Crippen MR) is 60.7 cm³/mol. The minimum Gasteiger partial charge on any atom is -0.310 e. The van der Waals surface area contributed by atoms with E-state index in [1.165, 1.54) is 31.2 Å². The van der Waals surface area contributed by atoms with E-state index >= 15 is 0 Å². The molecule has 1 saturated heterocycles. The lowest BCUT2D eigenvalue weighted by atomic mass is 10.0. The van der Waals surface area contributed by atoms with Gasteiger partial charge in [0.05, 0.1) is 0 Å². The van der Waals surface area contributed by atoms with Gasteiger partial charge in [-0.3, -0.25) is 0 Å². The molecule has 1 aliphatic rings. The zero-order valence-electron chi connectivity index (χ0n) is 8.30. The van der Waals surface area contributed by atoms with Gasteiger partial charge < -0.3 is 5.32 Å². The molecular weight excluding hydrogens is 194 g/mol. The van der Waals surface area contributed by atoms with Gasteiger partial charge in [0.1, 0.15) is 0 Å². The number of rotatable bonds is 1. The first-order valence-electron chi connectivity index (χ1n) is 5.35. The molecule has 0 radical (unpaired) electrons. The van der Waals surface area contributed by atoms with Crippen LogP contribution in [0.3, 0.4) is 0 Å². The molecule has 0 aliphatic carbocycles. The van der Waals surface area contributed by atoms with E-state index in [0.717, 1.165) is 11.6 Å². The van der Waals surface area contributed by atoms with Crippen molar-refractivity contribution in [1.82, 2.24) is 5.32 Å². The Morgan fingerprint density at radius 2 is 1.86 bits per heavy atom. The SMILES string of the molecule is Clc1ccc([C@@H]2CCCCCN2)cc1. The van der Waals surface area contributed by atoms with Gasteiger partial charge in [-0.25, -0.2) is 0 Å². The Morgan fingerprint density at radius 1 is 1.07 bits per heavy atom. The summed E-state index contributed by atoms with van der Waals surface area (Å²) >= 11 is 5.86. The van der Waals surface area contributed by atoms with Crippen LogP contribution in [0.4, 0.5) is 0 Å². The van der Waals surface area contributed by atoms with Gasteiger partial charge in [0.25, 0.3) is 0 Å². The molecule has 1 aromatic carbocycles. The second-order valence-electron chi connectivity index (χ2n) is 3.91. The van der Waals surface area contributed by atoms with Crippen LogP contribution in [0.25, 0.3) is 0 Å². The van der Waals surface area contributed by atoms with Crippen LogP contribution >= 0.6 is 11.6 Å². The molecule has 2 rings (SSSR count). The van der Waals surface area contributed by atoms with Gasteiger partial charge in [-0.2, -0.15) is 0 Å². The molecule has 1 nitrogen and oxygen atoms in total. The Bertz CT molecular complexity index is 273. The highest BCUT2D eigenvalue weighted by molar-refractivity contribution is 6.30. The van der Waals surface area contributed by atoms with Crippen LogP contribution in [-0.4, -0.2) is 6.54 Å². The van der Waals surface area contributed by atoms with Crippen LogP contribution in [0.1, 0.15) is 37.3 Å². The standard InChI is InChI=1S/C12H16ClN/c13-11-7-5-10(6-8-11)12-4-2-1-3-9-14-12/h5-8,12,14H,1-4,9H2/t12-/m0/s1. The maximum Gasteiger partial charge on any atom is 0.0406 e. The highest BCUT2D eigenvalue weighted by Gasteiger charge is 2.12. The van der Waals surface area contributed by atoms with Crippen molar-refractivity contribution >= 4 is 11.6 Å². The summed E-state index contributed by atoms with van der Waals surface area (Å²) < 4.78 is 0. The first kappa shape index (κ1) is 10.0. The number of benzene rings is 1. The maximum absolute atomic E-state index is 5.86. The summed E-state index contributed by atoms with van der Waals surface area (Å²) in [7, 11) is 0. The molecule has 1 aliphatic heterocycles. The van der Waals surface area contributed by atoms with Crippen LogP contribution in [0.5, 0.6) is 0 Å². The van der Waals surface area contributed by atoms with E-state index in [4.69, 9.17) is 11.6 Å². The second kappa shape index (κ2) is 4.81. The van der Waals surface area contributed by atoms with Crippen molar-refractivity contribution < 1.29 is 0 Å². The van der Waals surface area contributed by atoms with Gasteiger partial charge in [0.2, 0.25) is 0 Å². The molecule has 14 heavy (non-hydrogen) atoms. The second-order valence-corrected chi connectivity index (χ2v) is 4.34. The fourth-order valence-corrected chi connectivity index (χ4v) is 2.13. The summed E-state index contributed by atoms with van der Waals surface area (Å²) in [6.45, 7) is 1.15. The van der Waals surface area contributed by atoms with E-state index in [1.807, 2.05) is 12.1 Å². The first-order chi connectivity index (χ1) is 6.86. The van der Waals surface area contributed by atoms with E-state index in [1.54, 1.807) is 0 Å². The van der Waals surface area contributed by atoms with Gasteiger partial charge in [-0.05, 0) is 37.1 Å². The fourth-order valence-electron chi connectivity index (χ4n) is 2.01. The monoisotopic (exact) mass is 209 g/mol. The Morgan fingerprint density at radius 3 is 2.64 bits per heavy atom. The lowest BCUT2D eigenvalue weighted by molar-refractivity contribution is 0.535. The van der Waals surface area contributed by atoms with E-state index in [9.17, 15) is 0 Å². The zero-order chi connectivity index (χ0) is 9.80. The Labute approximate surface area is 90.5 Å². The van der Waals surface area contributed by atoms with Crippen molar-refractivity contribution in [2.24, 2.45) is 0 Å². The zero-order valence-corrected chi connectivity index (χ0v) is 9.06. The third-order valence-corrected chi connectivity index (χ3v) is 3.08. The van der Waals surface area contributed by atoms with Crippen molar-refractivity contribution in [3.05, 3.63) is 34.9 Å². The first-order valence-corrected chi connectivity index (χ1v) is 5.73. The highest BCUT2D eigenvalue weighted by Crippen LogP contribution is 2.23. The molecule has 0 bridgehead atoms. The summed E-state index contributed by atoms with van der Waals surface area (Å²) in [5, 5.41) is 4.40. The minimum absolute atomic E-state index is 0.537. The maximum atomic E-state index is 5.86. The summed E-state index contributed by atoms with van der Waals surface area (Å²) in [5.41, 5.74) is 1.37. The molecule has 0 saturated carbocycles. The van der Waals surface area contributed by atoms with Crippen LogP contribution < -0.4 is 5.32 Å². The van der Waals surface area contributed by atoms with Crippen LogP contribution in [0, 0.1) is 0 Å². The van der Waals surface area contributed by atoms with Crippen molar-refractivity contribution in [3.63, 3.8) is 0 Å². The third kappa shape index (κ3) is 2.49. The lowest BCUT2D eigenvalue weighted by Gasteiger charge is -2.15. The Kier molecular flexibility index (Phi) is 3.44. The molecular formula is C12H16ClN. The van der Waals surface area contributed by atoms with Gasteiger partial charge in [-0.1, -0.05) is 36.6 Å². The van der Waals surface area contributed by atoms with Gasteiger partial charge in [-0.15, -0.1) is 0 Å². The molecule has 1 heterocycles. The number of hydrogen-bond donors (Lipinski definition) is 1. The summed E-state index contributed by atoms with van der Waals surface area (Å²) in [6.07, 6.45) is 5.25. The highest BCUT2D eigenvalue weighted by atomic mass is 35.5. The van der Waals surface area contributed by atoms with Crippen molar-refractivity contribution in [1.29, 1.82) is 0 Å².